The zero-order valence-electron chi connectivity index (χ0n) is 18.6. The molecule has 168 valence electrons. The van der Waals surface area contributed by atoms with Crippen molar-refractivity contribution in [2.75, 3.05) is 39.0 Å². The number of nitrogens with zero attached hydrogens (tertiary/aromatic N) is 4. The fourth-order valence-electron chi connectivity index (χ4n) is 4.25. The monoisotopic (exact) mass is 429 g/mol. The van der Waals surface area contributed by atoms with E-state index in [4.69, 9.17) is 15.2 Å². The van der Waals surface area contributed by atoms with Gasteiger partial charge in [0.1, 0.15) is 5.60 Å². The Hall–Kier alpha value is -2.81. The van der Waals surface area contributed by atoms with E-state index in [2.05, 4.69) is 10.00 Å². The van der Waals surface area contributed by atoms with Gasteiger partial charge in [0.15, 0.2) is 0 Å². The maximum atomic E-state index is 12.2. The molecule has 2 fully saturated rings. The first-order chi connectivity index (χ1) is 14.6. The lowest BCUT2D eigenvalue weighted by molar-refractivity contribution is -0.00139. The fourth-order valence-corrected chi connectivity index (χ4v) is 4.25. The summed E-state index contributed by atoms with van der Waals surface area (Å²) in [6.45, 7) is 8.76. The second-order valence-electron chi connectivity index (χ2n) is 9.38. The number of fused-ring (bicyclic) bond motifs is 1. The number of carbonyl (C=O) groups excluding carboxylic acids is 2. The van der Waals surface area contributed by atoms with Gasteiger partial charge in [-0.25, -0.2) is 9.59 Å². The fraction of sp³-hybridized carbons (Fsp3) is 0.591. The molecule has 1 saturated heterocycles. The summed E-state index contributed by atoms with van der Waals surface area (Å²) in [5.74, 6) is -0.455. The lowest BCUT2D eigenvalue weighted by atomic mass is 9.85. The van der Waals surface area contributed by atoms with E-state index in [-0.39, 0.29) is 6.09 Å². The standard InChI is InChI=1S/C22H31N5O4/c1-22(2,3)31-21(29)26-7-5-25(6-8-26)15-10-16(11-15)27-13-14-9-18(23)17(20(28)30-4)12-19(14)24-27/h9,12-13,15-16H,5-8,10-11,23H2,1-4H3. The van der Waals surface area contributed by atoms with Crippen LogP contribution in [-0.4, -0.2) is 76.6 Å². The number of benzene rings is 1. The van der Waals surface area contributed by atoms with E-state index in [1.165, 1.54) is 7.11 Å². The Kier molecular flexibility index (Phi) is 5.55. The molecule has 31 heavy (non-hydrogen) atoms. The van der Waals surface area contributed by atoms with E-state index in [1.54, 1.807) is 17.0 Å². The van der Waals surface area contributed by atoms with Crippen LogP contribution in [0.4, 0.5) is 10.5 Å². The summed E-state index contributed by atoms with van der Waals surface area (Å²) in [5, 5.41) is 5.58. The molecule has 1 saturated carbocycles. The topological polar surface area (TPSA) is 103 Å². The van der Waals surface area contributed by atoms with Crippen LogP contribution in [0.5, 0.6) is 0 Å². The highest BCUT2D eigenvalue weighted by Gasteiger charge is 2.37. The van der Waals surface area contributed by atoms with Crippen molar-refractivity contribution in [3.63, 3.8) is 0 Å². The van der Waals surface area contributed by atoms with Crippen LogP contribution in [0, 0.1) is 0 Å². The second kappa shape index (κ2) is 8.03. The van der Waals surface area contributed by atoms with Gasteiger partial charge in [0, 0.05) is 49.5 Å². The summed E-state index contributed by atoms with van der Waals surface area (Å²) in [6.07, 6.45) is 3.79. The van der Waals surface area contributed by atoms with Gasteiger partial charge in [-0.15, -0.1) is 0 Å². The number of piperazine rings is 1. The molecule has 1 aromatic heterocycles. The molecular formula is C22H31N5O4. The van der Waals surface area contributed by atoms with Crippen molar-refractivity contribution in [2.24, 2.45) is 0 Å². The number of nitrogens with two attached hydrogens (primary N) is 1. The number of methoxy groups -OCH3 is 1. The summed E-state index contributed by atoms with van der Waals surface area (Å²) in [4.78, 5) is 28.3. The molecule has 0 radical (unpaired) electrons. The second-order valence-corrected chi connectivity index (χ2v) is 9.38. The summed E-state index contributed by atoms with van der Waals surface area (Å²) in [5.41, 5.74) is 7.01. The van der Waals surface area contributed by atoms with Gasteiger partial charge in [-0.1, -0.05) is 0 Å². The van der Waals surface area contributed by atoms with Crippen molar-refractivity contribution in [3.8, 4) is 0 Å². The number of anilines is 1. The predicted octanol–water partition coefficient (Wildman–Crippen LogP) is 2.66. The summed E-state index contributed by atoms with van der Waals surface area (Å²) in [6, 6.07) is 4.29. The van der Waals surface area contributed by atoms with Crippen molar-refractivity contribution >= 4 is 28.7 Å². The first-order valence-electron chi connectivity index (χ1n) is 10.7. The molecule has 9 nitrogen and oxygen atoms in total. The zero-order chi connectivity index (χ0) is 22.3. The Morgan fingerprint density at radius 2 is 1.77 bits per heavy atom. The minimum absolute atomic E-state index is 0.229. The Balaban J connectivity index is 1.33. The maximum absolute atomic E-state index is 12.2. The number of esters is 1. The highest BCUT2D eigenvalue weighted by atomic mass is 16.6. The van der Waals surface area contributed by atoms with Crippen molar-refractivity contribution in [1.82, 2.24) is 19.6 Å². The van der Waals surface area contributed by atoms with Crippen LogP contribution in [0.3, 0.4) is 0 Å². The van der Waals surface area contributed by atoms with Crippen molar-refractivity contribution in [1.29, 1.82) is 0 Å². The van der Waals surface area contributed by atoms with Crippen molar-refractivity contribution in [3.05, 3.63) is 23.9 Å². The minimum atomic E-state index is -0.467. The zero-order valence-corrected chi connectivity index (χ0v) is 18.6. The van der Waals surface area contributed by atoms with Crippen LogP contribution in [0.15, 0.2) is 18.3 Å². The van der Waals surface area contributed by atoms with E-state index in [0.717, 1.165) is 36.8 Å². The average Bonchev–Trinajstić information content (AvgIpc) is 3.06. The van der Waals surface area contributed by atoms with Crippen LogP contribution >= 0.6 is 0 Å². The van der Waals surface area contributed by atoms with E-state index in [9.17, 15) is 9.59 Å². The van der Waals surface area contributed by atoms with E-state index in [1.807, 2.05) is 31.6 Å². The molecule has 2 N–H and O–H groups in total. The first-order valence-corrected chi connectivity index (χ1v) is 10.7. The third kappa shape index (κ3) is 4.46. The number of hydrogen-bond donors (Lipinski definition) is 1. The van der Waals surface area contributed by atoms with Gasteiger partial charge < -0.3 is 20.1 Å². The van der Waals surface area contributed by atoms with Crippen molar-refractivity contribution < 1.29 is 19.1 Å². The highest BCUT2D eigenvalue weighted by molar-refractivity contribution is 6.00. The lowest BCUT2D eigenvalue weighted by Gasteiger charge is -2.46. The molecule has 1 aliphatic heterocycles. The third-order valence-corrected chi connectivity index (χ3v) is 6.04. The SMILES string of the molecule is COC(=O)c1cc2nn(C3CC(N4CCN(C(=O)OC(C)(C)C)CC4)C3)cc2cc1N. The number of nitrogen functional groups attached to an aromatic ring is 1. The lowest BCUT2D eigenvalue weighted by Crippen LogP contribution is -2.55. The smallest absolute Gasteiger partial charge is 0.410 e. The Labute approximate surface area is 182 Å². The molecule has 2 heterocycles. The van der Waals surface area contributed by atoms with Crippen LogP contribution in [0.25, 0.3) is 10.9 Å². The summed E-state index contributed by atoms with van der Waals surface area (Å²) >= 11 is 0. The van der Waals surface area contributed by atoms with Gasteiger partial charge in [0.2, 0.25) is 0 Å². The van der Waals surface area contributed by atoms with Gasteiger partial charge in [-0.3, -0.25) is 9.58 Å². The molecule has 0 atom stereocenters. The molecule has 9 heteroatoms. The van der Waals surface area contributed by atoms with Gasteiger partial charge in [0.05, 0.1) is 24.2 Å². The Morgan fingerprint density at radius 3 is 2.39 bits per heavy atom. The molecule has 0 bridgehead atoms. The van der Waals surface area contributed by atoms with Crippen LogP contribution in [-0.2, 0) is 9.47 Å². The molecule has 0 spiro atoms. The third-order valence-electron chi connectivity index (χ3n) is 6.04. The minimum Gasteiger partial charge on any atom is -0.465 e. The number of carbonyl (C=O) groups is 2. The van der Waals surface area contributed by atoms with Gasteiger partial charge >= 0.3 is 12.1 Å². The molecule has 4 rings (SSSR count). The van der Waals surface area contributed by atoms with E-state index < -0.39 is 11.6 Å². The van der Waals surface area contributed by atoms with Gasteiger partial charge in [-0.2, -0.15) is 5.10 Å². The number of rotatable bonds is 3. The largest absolute Gasteiger partial charge is 0.465 e. The number of aromatic nitrogens is 2. The quantitative estimate of drug-likeness (QED) is 0.591. The average molecular weight is 430 g/mol. The molecule has 2 aliphatic rings. The summed E-state index contributed by atoms with van der Waals surface area (Å²) in [7, 11) is 1.34. The molecular weight excluding hydrogens is 398 g/mol. The number of ether oxygens (including phenoxy) is 2. The molecule has 1 amide bonds. The molecule has 0 unspecified atom stereocenters. The maximum Gasteiger partial charge on any atom is 0.410 e. The number of hydrogen-bond acceptors (Lipinski definition) is 7. The van der Waals surface area contributed by atoms with E-state index in [0.29, 0.717) is 36.4 Å². The first kappa shape index (κ1) is 21.4. The van der Waals surface area contributed by atoms with Crippen LogP contribution < -0.4 is 5.73 Å². The van der Waals surface area contributed by atoms with E-state index >= 15 is 0 Å². The summed E-state index contributed by atoms with van der Waals surface area (Å²) < 4.78 is 12.2. The highest BCUT2D eigenvalue weighted by Crippen LogP contribution is 2.37. The predicted molar refractivity (Wildman–Crippen MR) is 117 cm³/mol. The Bertz CT molecular complexity index is 982. The number of amides is 1. The molecule has 1 aromatic carbocycles. The van der Waals surface area contributed by atoms with Gasteiger partial charge in [0.25, 0.3) is 0 Å². The van der Waals surface area contributed by atoms with Gasteiger partial charge in [-0.05, 0) is 45.7 Å². The Morgan fingerprint density at radius 1 is 1.10 bits per heavy atom. The van der Waals surface area contributed by atoms with Crippen molar-refractivity contribution in [2.45, 2.75) is 51.3 Å². The van der Waals surface area contributed by atoms with Crippen LogP contribution in [0.1, 0.15) is 50.0 Å². The normalized spacial score (nSPS) is 22.3. The molecule has 2 aromatic rings. The molecule has 1 aliphatic carbocycles. The van der Waals surface area contributed by atoms with Crippen LogP contribution in [0.2, 0.25) is 0 Å².